The monoisotopic (exact) mass is 658 g/mol. The summed E-state index contributed by atoms with van der Waals surface area (Å²) in [4.78, 5) is 65.6. The van der Waals surface area contributed by atoms with Crippen LogP contribution in [0.1, 0.15) is 25.7 Å². The van der Waals surface area contributed by atoms with E-state index in [1.807, 2.05) is 0 Å². The normalized spacial score (nSPS) is 22.5. The van der Waals surface area contributed by atoms with Crippen LogP contribution in [0.4, 0.5) is 0 Å². The van der Waals surface area contributed by atoms with Gasteiger partial charge in [-0.1, -0.05) is 30.3 Å². The number of ether oxygens (including phenoxy) is 1. The minimum absolute atomic E-state index is 0.100. The number of ketones is 1. The van der Waals surface area contributed by atoms with Gasteiger partial charge in [-0.05, 0) is 41.7 Å². The summed E-state index contributed by atoms with van der Waals surface area (Å²) in [6.07, 6.45) is 0.343. The van der Waals surface area contributed by atoms with Crippen molar-refractivity contribution in [3.63, 3.8) is 0 Å². The van der Waals surface area contributed by atoms with E-state index in [9.17, 15) is 37.5 Å². The number of guanidine groups is 1. The van der Waals surface area contributed by atoms with Gasteiger partial charge in [0.05, 0.1) is 37.4 Å². The van der Waals surface area contributed by atoms with Crippen molar-refractivity contribution in [2.24, 2.45) is 17.6 Å². The number of rotatable bonds is 11. The molecule has 2 aliphatic heterocycles. The largest absolute Gasteiger partial charge is 0.544 e. The Morgan fingerprint density at radius 1 is 1.17 bits per heavy atom. The minimum atomic E-state index is -4.40. The molecule has 4 atom stereocenters. The fraction of sp³-hybridized carbons (Fsp3) is 0.467. The molecule has 5 N–H and O–H groups in total. The zero-order valence-electron chi connectivity index (χ0n) is 25.4. The number of Topliss-reactive ketones (excluding diaryl/α,β-unsaturated/α-hetero) is 1. The Labute approximate surface area is 266 Å². The molecule has 0 bridgehead atoms. The molecule has 16 heteroatoms. The standard InChI is InChI=1S/C30H38N6O9S/c1-45-29(42)23-17-36(18-27(39)40,12-10-25(23)37)26(38)14-24(28(41)33-15-19-5-4-11-35(16-19)30(31)32)34-46(43,44)22-9-8-20-6-2-3-7-21(20)13-22/h2-3,6-9,13,19,23-24,34H,4-5,10-12,14-18H2,1H3,(H4-,31,32,33,39,40,41)/t19-,23?,24+,36?/m0/s1. The molecule has 0 saturated carbocycles. The van der Waals surface area contributed by atoms with Gasteiger partial charge in [0.25, 0.3) is 0 Å². The fourth-order valence-electron chi connectivity index (χ4n) is 6.06. The van der Waals surface area contributed by atoms with Crippen LogP contribution in [0.5, 0.6) is 0 Å². The molecule has 0 aromatic heterocycles. The lowest BCUT2D eigenvalue weighted by molar-refractivity contribution is -0.853. The molecular weight excluding hydrogens is 620 g/mol. The van der Waals surface area contributed by atoms with E-state index >= 15 is 0 Å². The number of hydrogen-bond acceptors (Lipinski definition) is 10. The fourth-order valence-corrected chi connectivity index (χ4v) is 7.29. The van der Waals surface area contributed by atoms with Crippen molar-refractivity contribution < 1.29 is 46.7 Å². The summed E-state index contributed by atoms with van der Waals surface area (Å²) in [6, 6.07) is 9.78. The first-order chi connectivity index (χ1) is 21.7. The number of likely N-dealkylation sites (tertiary alicyclic amines) is 2. The maximum absolute atomic E-state index is 13.9. The number of carbonyl (C=O) groups is 5. The van der Waals surface area contributed by atoms with Crippen LogP contribution in [0.3, 0.4) is 0 Å². The van der Waals surface area contributed by atoms with Crippen LogP contribution in [0.15, 0.2) is 47.4 Å². The third-order valence-electron chi connectivity index (χ3n) is 8.60. The average molecular weight is 659 g/mol. The van der Waals surface area contributed by atoms with Crippen molar-refractivity contribution in [3.8, 4) is 0 Å². The highest BCUT2D eigenvalue weighted by Crippen LogP contribution is 2.26. The lowest BCUT2D eigenvalue weighted by atomic mass is 9.93. The molecule has 2 amide bonds. The molecule has 2 heterocycles. The predicted octanol–water partition coefficient (Wildman–Crippen LogP) is -1.55. The van der Waals surface area contributed by atoms with Crippen LogP contribution < -0.4 is 20.9 Å². The summed E-state index contributed by atoms with van der Waals surface area (Å²) in [5, 5.41) is 23.6. The van der Waals surface area contributed by atoms with Crippen molar-refractivity contribution >= 4 is 56.3 Å². The number of hydrogen-bond donors (Lipinski definition) is 4. The van der Waals surface area contributed by atoms with Crippen molar-refractivity contribution in [1.29, 1.82) is 5.41 Å². The molecule has 2 fully saturated rings. The van der Waals surface area contributed by atoms with E-state index < -0.39 is 75.5 Å². The molecule has 0 spiro atoms. The Bertz CT molecular complexity index is 1640. The number of esters is 1. The molecule has 0 radical (unpaired) electrons. The lowest BCUT2D eigenvalue weighted by Gasteiger charge is -2.41. The van der Waals surface area contributed by atoms with Crippen LogP contribution >= 0.6 is 0 Å². The number of benzene rings is 2. The van der Waals surface area contributed by atoms with E-state index in [2.05, 4.69) is 10.0 Å². The SMILES string of the molecule is COC(=O)C1C[N+](CC(=O)[O-])(C(=O)C[C@@H](NS(=O)(=O)c2ccc3ccccc3c2)C(=O)NC[C@@H]2CCCN(C(=N)N)C2)CCC1=O. The van der Waals surface area contributed by atoms with Crippen LogP contribution in [-0.4, -0.2) is 106 Å². The number of quaternary nitrogens is 1. The Morgan fingerprint density at radius 3 is 2.57 bits per heavy atom. The van der Waals surface area contributed by atoms with Gasteiger partial charge in [0, 0.05) is 19.6 Å². The zero-order chi connectivity index (χ0) is 33.6. The van der Waals surface area contributed by atoms with Gasteiger partial charge in [-0.25, -0.2) is 13.2 Å². The van der Waals surface area contributed by atoms with Crippen molar-refractivity contribution in [3.05, 3.63) is 42.5 Å². The predicted molar refractivity (Wildman–Crippen MR) is 162 cm³/mol. The van der Waals surface area contributed by atoms with E-state index in [-0.39, 0.29) is 36.3 Å². The third kappa shape index (κ3) is 8.05. The number of methoxy groups -OCH3 is 1. The molecule has 2 aliphatic rings. The number of carbonyl (C=O) groups excluding carboxylic acids is 5. The zero-order valence-corrected chi connectivity index (χ0v) is 26.2. The first-order valence-electron chi connectivity index (χ1n) is 14.8. The molecule has 46 heavy (non-hydrogen) atoms. The van der Waals surface area contributed by atoms with E-state index in [0.717, 1.165) is 18.9 Å². The topological polar surface area (TPSA) is 229 Å². The Kier molecular flexibility index (Phi) is 10.7. The number of aliphatic carboxylic acids is 1. The summed E-state index contributed by atoms with van der Waals surface area (Å²) in [5.74, 6) is -6.41. The molecule has 2 aromatic carbocycles. The van der Waals surface area contributed by atoms with Gasteiger partial charge in [-0.15, -0.1) is 0 Å². The summed E-state index contributed by atoms with van der Waals surface area (Å²) in [7, 11) is -3.34. The van der Waals surface area contributed by atoms with Gasteiger partial charge in [0.2, 0.25) is 15.9 Å². The van der Waals surface area contributed by atoms with Crippen LogP contribution in [0, 0.1) is 17.2 Å². The van der Waals surface area contributed by atoms with Crippen molar-refractivity contribution in [1.82, 2.24) is 14.9 Å². The summed E-state index contributed by atoms with van der Waals surface area (Å²) >= 11 is 0. The number of nitrogens with one attached hydrogen (secondary N) is 3. The first kappa shape index (κ1) is 34.5. The lowest BCUT2D eigenvalue weighted by Crippen LogP contribution is -2.65. The summed E-state index contributed by atoms with van der Waals surface area (Å²) < 4.78 is 33.3. The minimum Gasteiger partial charge on any atom is -0.544 e. The van der Waals surface area contributed by atoms with Crippen LogP contribution in [0.25, 0.3) is 10.8 Å². The van der Waals surface area contributed by atoms with E-state index in [1.54, 1.807) is 35.2 Å². The maximum Gasteiger partial charge on any atom is 0.322 e. The highest BCUT2D eigenvalue weighted by Gasteiger charge is 2.49. The number of carboxylic acid groups (broad SMARTS) is 1. The van der Waals surface area contributed by atoms with Crippen molar-refractivity contribution in [2.75, 3.05) is 46.4 Å². The number of carboxylic acids is 1. The number of piperidine rings is 2. The first-order valence-corrected chi connectivity index (χ1v) is 16.3. The number of amides is 2. The number of nitrogens with two attached hydrogens (primary N) is 1. The van der Waals surface area contributed by atoms with Gasteiger partial charge in [0.1, 0.15) is 19.1 Å². The third-order valence-corrected chi connectivity index (χ3v) is 10.1. The van der Waals surface area contributed by atoms with Gasteiger partial charge in [-0.2, -0.15) is 4.72 Å². The molecule has 4 rings (SSSR count). The quantitative estimate of drug-likeness (QED) is 0.0710. The highest BCUT2D eigenvalue weighted by atomic mass is 32.2. The average Bonchev–Trinajstić information content (AvgIpc) is 3.03. The molecule has 2 saturated heterocycles. The molecule has 2 aromatic rings. The Balaban J connectivity index is 1.62. The summed E-state index contributed by atoms with van der Waals surface area (Å²) in [6.45, 7) is -0.620. The van der Waals surface area contributed by atoms with Gasteiger partial charge >= 0.3 is 11.9 Å². The molecule has 2 unspecified atom stereocenters. The second-order valence-electron chi connectivity index (χ2n) is 11.7. The van der Waals surface area contributed by atoms with Crippen LogP contribution in [0.2, 0.25) is 0 Å². The van der Waals surface area contributed by atoms with Crippen molar-refractivity contribution in [2.45, 2.75) is 36.6 Å². The number of fused-ring (bicyclic) bond motifs is 1. The van der Waals surface area contributed by atoms with E-state index in [1.165, 1.54) is 12.1 Å². The second-order valence-corrected chi connectivity index (χ2v) is 13.5. The maximum atomic E-state index is 13.9. The highest BCUT2D eigenvalue weighted by molar-refractivity contribution is 7.89. The molecule has 248 valence electrons. The Morgan fingerprint density at radius 2 is 1.89 bits per heavy atom. The van der Waals surface area contributed by atoms with Gasteiger partial charge in [0.15, 0.2) is 17.7 Å². The van der Waals surface area contributed by atoms with Gasteiger partial charge in [-0.3, -0.25) is 24.3 Å². The number of nitrogens with zero attached hydrogens (tertiary/aromatic N) is 2. The van der Waals surface area contributed by atoms with Gasteiger partial charge < -0.3 is 30.6 Å². The molecular formula is C30H38N6O9S. The molecule has 0 aliphatic carbocycles. The Hall–Kier alpha value is -4.41. The second kappa shape index (κ2) is 14.3. The molecule has 15 nitrogen and oxygen atoms in total. The van der Waals surface area contributed by atoms with E-state index in [0.29, 0.717) is 24.9 Å². The smallest absolute Gasteiger partial charge is 0.322 e. The van der Waals surface area contributed by atoms with E-state index in [4.69, 9.17) is 15.9 Å². The summed E-state index contributed by atoms with van der Waals surface area (Å²) in [5.41, 5.74) is 5.62. The van der Waals surface area contributed by atoms with Crippen LogP contribution in [-0.2, 0) is 38.7 Å². The number of sulfonamides is 1.